The first-order chi connectivity index (χ1) is 8.28. The molecule has 1 N–H and O–H groups in total. The van der Waals surface area contributed by atoms with E-state index in [2.05, 4.69) is 0 Å². The van der Waals surface area contributed by atoms with Crippen molar-refractivity contribution in [2.75, 3.05) is 19.7 Å². The number of hydrogen-bond donors (Lipinski definition) is 1. The molecule has 0 bridgehead atoms. The van der Waals surface area contributed by atoms with Crippen LogP contribution < -0.4 is 0 Å². The van der Waals surface area contributed by atoms with E-state index in [0.717, 1.165) is 0 Å². The molecule has 2 fully saturated rings. The minimum Gasteiger partial charge on any atom is -0.481 e. The fraction of sp³-hybridized carbons (Fsp3) is 0.909. The van der Waals surface area contributed by atoms with Crippen molar-refractivity contribution in [2.45, 2.75) is 38.1 Å². The van der Waals surface area contributed by atoms with Gasteiger partial charge in [0.1, 0.15) is 0 Å². The second kappa shape index (κ2) is 4.38. The number of aliphatic carboxylic acids is 1. The number of hydrogen-bond acceptors (Lipinski definition) is 3. The smallest absolute Gasteiger partial charge is 0.406 e. The van der Waals surface area contributed by atoms with Gasteiger partial charge in [0.25, 0.3) is 0 Å². The van der Waals surface area contributed by atoms with Crippen molar-refractivity contribution in [2.24, 2.45) is 5.41 Å². The first kappa shape index (κ1) is 13.6. The van der Waals surface area contributed by atoms with Gasteiger partial charge in [0.2, 0.25) is 0 Å². The Hall–Kier alpha value is -0.820. The van der Waals surface area contributed by atoms with Crippen molar-refractivity contribution in [3.05, 3.63) is 0 Å². The number of likely N-dealkylation sites (tertiary alicyclic amines) is 1. The van der Waals surface area contributed by atoms with Gasteiger partial charge in [-0.3, -0.25) is 9.69 Å². The van der Waals surface area contributed by atoms with Crippen LogP contribution in [-0.4, -0.2) is 54.0 Å². The Morgan fingerprint density at radius 2 is 2.17 bits per heavy atom. The normalized spacial score (nSPS) is 38.2. The highest BCUT2D eigenvalue weighted by Crippen LogP contribution is 2.46. The Morgan fingerprint density at radius 1 is 1.50 bits per heavy atom. The molecule has 0 amide bonds. The molecule has 2 saturated heterocycles. The van der Waals surface area contributed by atoms with Crippen LogP contribution in [-0.2, 0) is 9.53 Å². The third-order valence-corrected chi connectivity index (χ3v) is 4.06. The van der Waals surface area contributed by atoms with Gasteiger partial charge < -0.3 is 9.84 Å². The number of nitrogens with zero attached hydrogens (tertiary/aromatic N) is 1. The summed E-state index contributed by atoms with van der Waals surface area (Å²) in [5.74, 6) is -1.77. The van der Waals surface area contributed by atoms with Crippen LogP contribution in [0.1, 0.15) is 19.8 Å². The van der Waals surface area contributed by atoms with Crippen molar-refractivity contribution in [1.82, 2.24) is 4.90 Å². The zero-order valence-corrected chi connectivity index (χ0v) is 10.0. The summed E-state index contributed by atoms with van der Waals surface area (Å²) in [5, 5.41) is 8.95. The average Bonchev–Trinajstić information content (AvgIpc) is 2.82. The number of carboxylic acids is 1. The van der Waals surface area contributed by atoms with Gasteiger partial charge in [-0.2, -0.15) is 13.2 Å². The molecule has 3 unspecified atom stereocenters. The van der Waals surface area contributed by atoms with Crippen LogP contribution in [0.5, 0.6) is 0 Å². The van der Waals surface area contributed by atoms with E-state index in [1.165, 1.54) is 0 Å². The SMILES string of the molecule is CC1OCCC1N1CCC(C(=O)O)(C(F)(F)F)C1. The van der Waals surface area contributed by atoms with E-state index in [9.17, 15) is 18.0 Å². The predicted octanol–water partition coefficient (Wildman–Crippen LogP) is 1.50. The van der Waals surface area contributed by atoms with Gasteiger partial charge in [0.05, 0.1) is 6.10 Å². The third kappa shape index (κ3) is 1.99. The molecule has 0 aromatic heterocycles. The highest BCUT2D eigenvalue weighted by molar-refractivity contribution is 5.76. The zero-order valence-electron chi connectivity index (χ0n) is 10.0. The maximum absolute atomic E-state index is 13.0. The molecule has 0 aliphatic carbocycles. The van der Waals surface area contributed by atoms with Crippen molar-refractivity contribution in [3.8, 4) is 0 Å². The molecular weight excluding hydrogens is 251 g/mol. The Labute approximate surface area is 103 Å². The predicted molar refractivity (Wildman–Crippen MR) is 56.1 cm³/mol. The van der Waals surface area contributed by atoms with Crippen LogP contribution in [0.3, 0.4) is 0 Å². The Balaban J connectivity index is 2.16. The Kier molecular flexibility index (Phi) is 3.31. The van der Waals surface area contributed by atoms with E-state index in [-0.39, 0.29) is 25.1 Å². The van der Waals surface area contributed by atoms with Crippen molar-refractivity contribution < 1.29 is 27.8 Å². The lowest BCUT2D eigenvalue weighted by atomic mass is 9.86. The Morgan fingerprint density at radius 3 is 2.56 bits per heavy atom. The molecular formula is C11H16F3NO3. The lowest BCUT2D eigenvalue weighted by Crippen LogP contribution is -2.49. The monoisotopic (exact) mass is 267 g/mol. The van der Waals surface area contributed by atoms with Gasteiger partial charge >= 0.3 is 12.1 Å². The van der Waals surface area contributed by atoms with E-state index in [1.54, 1.807) is 4.90 Å². The van der Waals surface area contributed by atoms with Gasteiger partial charge in [-0.05, 0) is 19.8 Å². The van der Waals surface area contributed by atoms with Gasteiger partial charge in [-0.15, -0.1) is 0 Å². The summed E-state index contributed by atoms with van der Waals surface area (Å²) in [6, 6.07) is -0.103. The van der Waals surface area contributed by atoms with Crippen LogP contribution in [0.4, 0.5) is 13.2 Å². The van der Waals surface area contributed by atoms with Crippen LogP contribution >= 0.6 is 0 Å². The molecule has 2 rings (SSSR count). The van der Waals surface area contributed by atoms with Gasteiger partial charge in [-0.1, -0.05) is 0 Å². The first-order valence-corrected chi connectivity index (χ1v) is 5.94. The first-order valence-electron chi connectivity index (χ1n) is 5.94. The fourth-order valence-corrected chi connectivity index (χ4v) is 2.85. The lowest BCUT2D eigenvalue weighted by molar-refractivity contribution is -0.228. The topological polar surface area (TPSA) is 49.8 Å². The average molecular weight is 267 g/mol. The number of rotatable bonds is 2. The van der Waals surface area contributed by atoms with Crippen molar-refractivity contribution >= 4 is 5.97 Å². The largest absolute Gasteiger partial charge is 0.481 e. The molecule has 104 valence electrons. The Bertz CT molecular complexity index is 347. The second-order valence-electron chi connectivity index (χ2n) is 5.04. The van der Waals surface area contributed by atoms with E-state index < -0.39 is 24.1 Å². The summed E-state index contributed by atoms with van der Waals surface area (Å²) < 4.78 is 44.3. The highest BCUT2D eigenvalue weighted by atomic mass is 19.4. The molecule has 3 atom stereocenters. The lowest BCUT2D eigenvalue weighted by Gasteiger charge is -2.30. The zero-order chi connectivity index (χ0) is 13.6. The van der Waals surface area contributed by atoms with Crippen LogP contribution in [0.2, 0.25) is 0 Å². The minimum atomic E-state index is -4.71. The molecule has 0 aromatic rings. The molecule has 0 aromatic carbocycles. The molecule has 0 spiro atoms. The van der Waals surface area contributed by atoms with E-state index in [0.29, 0.717) is 13.0 Å². The van der Waals surface area contributed by atoms with E-state index in [4.69, 9.17) is 9.84 Å². The van der Waals surface area contributed by atoms with Crippen LogP contribution in [0.25, 0.3) is 0 Å². The third-order valence-electron chi connectivity index (χ3n) is 4.06. The fourth-order valence-electron chi connectivity index (χ4n) is 2.85. The summed E-state index contributed by atoms with van der Waals surface area (Å²) in [6.45, 7) is 2.02. The quantitative estimate of drug-likeness (QED) is 0.823. The van der Waals surface area contributed by atoms with Crippen molar-refractivity contribution in [1.29, 1.82) is 0 Å². The summed E-state index contributed by atoms with van der Waals surface area (Å²) in [5.41, 5.74) is -2.62. The maximum atomic E-state index is 13.0. The molecule has 2 aliphatic heterocycles. The number of carbonyl (C=O) groups is 1. The second-order valence-corrected chi connectivity index (χ2v) is 5.04. The van der Waals surface area contributed by atoms with E-state index >= 15 is 0 Å². The molecule has 2 heterocycles. The molecule has 2 aliphatic rings. The van der Waals surface area contributed by atoms with Crippen LogP contribution in [0.15, 0.2) is 0 Å². The summed E-state index contributed by atoms with van der Waals surface area (Å²) >= 11 is 0. The summed E-state index contributed by atoms with van der Waals surface area (Å²) in [4.78, 5) is 12.6. The molecule has 0 saturated carbocycles. The number of alkyl halides is 3. The van der Waals surface area contributed by atoms with Gasteiger partial charge in [0, 0.05) is 25.7 Å². The molecule has 4 nitrogen and oxygen atoms in total. The summed E-state index contributed by atoms with van der Waals surface area (Å²) in [6.07, 6.45) is -4.57. The highest BCUT2D eigenvalue weighted by Gasteiger charge is 2.64. The van der Waals surface area contributed by atoms with Crippen molar-refractivity contribution in [3.63, 3.8) is 0 Å². The molecule has 0 radical (unpaired) electrons. The number of ether oxygens (including phenoxy) is 1. The maximum Gasteiger partial charge on any atom is 0.406 e. The minimum absolute atomic E-state index is 0.103. The molecule has 7 heteroatoms. The number of halogens is 3. The summed E-state index contributed by atoms with van der Waals surface area (Å²) in [7, 11) is 0. The molecule has 18 heavy (non-hydrogen) atoms. The number of carboxylic acid groups (broad SMARTS) is 1. The van der Waals surface area contributed by atoms with Gasteiger partial charge in [0.15, 0.2) is 5.41 Å². The standard InChI is InChI=1S/C11H16F3NO3/c1-7-8(2-5-18-7)15-4-3-10(6-15,9(16)17)11(12,13)14/h7-8H,2-6H2,1H3,(H,16,17). The van der Waals surface area contributed by atoms with Gasteiger partial charge in [-0.25, -0.2) is 0 Å². The van der Waals surface area contributed by atoms with Crippen LogP contribution in [0, 0.1) is 5.41 Å². The van der Waals surface area contributed by atoms with E-state index in [1.807, 2.05) is 6.92 Å².